The number of carbonyl (C=O) groups excluding carboxylic acids is 1. The molecule has 0 aromatic carbocycles. The standard InChI is InChI=1S/C17H26N4O4/c1-4-5-12-10-25-11-13-9-20(6-7-21(12)13)16(23)14-8-15(22)19(3)17(24)18(14)2/h8,12-13H,4-7,9-11H2,1-3H3/t12-,13+/m0/s1. The Bertz CT molecular complexity index is 767. The van der Waals surface area contributed by atoms with E-state index in [9.17, 15) is 14.4 Å². The molecule has 8 nitrogen and oxygen atoms in total. The van der Waals surface area contributed by atoms with Gasteiger partial charge in [-0.2, -0.15) is 0 Å². The highest BCUT2D eigenvalue weighted by atomic mass is 16.5. The van der Waals surface area contributed by atoms with Gasteiger partial charge in [0.25, 0.3) is 11.5 Å². The lowest BCUT2D eigenvalue weighted by atomic mass is 10.0. The van der Waals surface area contributed by atoms with Crippen LogP contribution in [-0.2, 0) is 18.8 Å². The number of ether oxygens (including phenoxy) is 1. The summed E-state index contributed by atoms with van der Waals surface area (Å²) in [5.41, 5.74) is -0.809. The predicted molar refractivity (Wildman–Crippen MR) is 92.8 cm³/mol. The molecule has 2 aliphatic rings. The molecule has 0 saturated carbocycles. The number of piperazine rings is 1. The smallest absolute Gasteiger partial charge is 0.331 e. The average molecular weight is 350 g/mol. The molecule has 138 valence electrons. The van der Waals surface area contributed by atoms with Crippen molar-refractivity contribution in [3.05, 3.63) is 32.6 Å². The molecule has 1 aromatic rings. The molecule has 3 rings (SSSR count). The van der Waals surface area contributed by atoms with E-state index in [0.717, 1.165) is 30.6 Å². The van der Waals surface area contributed by atoms with Crippen LogP contribution in [0.3, 0.4) is 0 Å². The maximum absolute atomic E-state index is 12.9. The zero-order chi connectivity index (χ0) is 18.1. The summed E-state index contributed by atoms with van der Waals surface area (Å²) in [6, 6.07) is 1.83. The van der Waals surface area contributed by atoms with Gasteiger partial charge in [-0.15, -0.1) is 0 Å². The van der Waals surface area contributed by atoms with Gasteiger partial charge in [0.15, 0.2) is 0 Å². The number of amides is 1. The Morgan fingerprint density at radius 1 is 1.20 bits per heavy atom. The Morgan fingerprint density at radius 3 is 2.68 bits per heavy atom. The number of carbonyl (C=O) groups is 1. The van der Waals surface area contributed by atoms with Crippen molar-refractivity contribution in [2.45, 2.75) is 31.8 Å². The van der Waals surface area contributed by atoms with Crippen molar-refractivity contribution in [3.8, 4) is 0 Å². The van der Waals surface area contributed by atoms with Gasteiger partial charge in [0.2, 0.25) is 0 Å². The third kappa shape index (κ3) is 3.28. The molecular weight excluding hydrogens is 324 g/mol. The second-order valence-electron chi connectivity index (χ2n) is 6.89. The minimum absolute atomic E-state index is 0.142. The lowest BCUT2D eigenvalue weighted by Gasteiger charge is -2.48. The Labute approximate surface area is 146 Å². The number of fused-ring (bicyclic) bond motifs is 1. The maximum Gasteiger partial charge on any atom is 0.331 e. The zero-order valence-electron chi connectivity index (χ0n) is 15.1. The second-order valence-corrected chi connectivity index (χ2v) is 6.89. The summed E-state index contributed by atoms with van der Waals surface area (Å²) >= 11 is 0. The van der Waals surface area contributed by atoms with E-state index < -0.39 is 11.2 Å². The van der Waals surface area contributed by atoms with Gasteiger partial charge in [-0.05, 0) is 6.42 Å². The van der Waals surface area contributed by atoms with Crippen molar-refractivity contribution in [3.63, 3.8) is 0 Å². The van der Waals surface area contributed by atoms with Crippen LogP contribution in [-0.4, -0.2) is 69.8 Å². The summed E-state index contributed by atoms with van der Waals surface area (Å²) in [6.45, 7) is 5.48. The van der Waals surface area contributed by atoms with E-state index in [1.54, 1.807) is 4.90 Å². The van der Waals surface area contributed by atoms with Crippen molar-refractivity contribution in [2.24, 2.45) is 14.1 Å². The Balaban J connectivity index is 1.80. The Kier molecular flexibility index (Phi) is 5.10. The minimum atomic E-state index is -0.488. The zero-order valence-corrected chi connectivity index (χ0v) is 15.1. The summed E-state index contributed by atoms with van der Waals surface area (Å²) in [6.07, 6.45) is 2.20. The van der Waals surface area contributed by atoms with Gasteiger partial charge >= 0.3 is 5.69 Å². The average Bonchev–Trinajstić information content (AvgIpc) is 2.62. The van der Waals surface area contributed by atoms with Gasteiger partial charge in [-0.1, -0.05) is 13.3 Å². The summed E-state index contributed by atoms with van der Waals surface area (Å²) in [5.74, 6) is -0.269. The van der Waals surface area contributed by atoms with Crippen LogP contribution in [0.1, 0.15) is 30.3 Å². The third-order valence-electron chi connectivity index (χ3n) is 5.27. The molecule has 1 aromatic heterocycles. The number of hydrogen-bond acceptors (Lipinski definition) is 5. The predicted octanol–water partition coefficient (Wildman–Crippen LogP) is -0.591. The molecule has 2 aliphatic heterocycles. The highest BCUT2D eigenvalue weighted by Crippen LogP contribution is 2.22. The van der Waals surface area contributed by atoms with E-state index in [2.05, 4.69) is 11.8 Å². The van der Waals surface area contributed by atoms with Crippen molar-refractivity contribution in [2.75, 3.05) is 32.8 Å². The molecule has 0 aliphatic carbocycles. The number of rotatable bonds is 3. The quantitative estimate of drug-likeness (QED) is 0.728. The highest BCUT2D eigenvalue weighted by Gasteiger charge is 2.37. The molecule has 0 unspecified atom stereocenters. The van der Waals surface area contributed by atoms with Gasteiger partial charge in [-0.25, -0.2) is 4.79 Å². The highest BCUT2D eigenvalue weighted by molar-refractivity contribution is 5.92. The van der Waals surface area contributed by atoms with E-state index >= 15 is 0 Å². The third-order valence-corrected chi connectivity index (χ3v) is 5.27. The van der Waals surface area contributed by atoms with Crippen LogP contribution in [0.25, 0.3) is 0 Å². The molecule has 8 heteroatoms. The first-order chi connectivity index (χ1) is 11.9. The van der Waals surface area contributed by atoms with E-state index in [-0.39, 0.29) is 17.6 Å². The Morgan fingerprint density at radius 2 is 1.96 bits per heavy atom. The van der Waals surface area contributed by atoms with Crippen LogP contribution in [0.5, 0.6) is 0 Å². The molecule has 0 bridgehead atoms. The van der Waals surface area contributed by atoms with Crippen LogP contribution in [0.15, 0.2) is 15.7 Å². The fraction of sp³-hybridized carbons (Fsp3) is 0.706. The molecule has 2 atom stereocenters. The molecular formula is C17H26N4O4. The molecule has 2 saturated heterocycles. The van der Waals surface area contributed by atoms with Crippen LogP contribution < -0.4 is 11.2 Å². The maximum atomic E-state index is 12.9. The van der Waals surface area contributed by atoms with Crippen LogP contribution in [0.4, 0.5) is 0 Å². The number of nitrogens with zero attached hydrogens (tertiary/aromatic N) is 4. The molecule has 0 spiro atoms. The van der Waals surface area contributed by atoms with Crippen molar-refractivity contribution in [1.29, 1.82) is 0 Å². The van der Waals surface area contributed by atoms with Gasteiger partial charge < -0.3 is 9.64 Å². The van der Waals surface area contributed by atoms with E-state index in [0.29, 0.717) is 25.7 Å². The molecule has 0 N–H and O–H groups in total. The molecule has 25 heavy (non-hydrogen) atoms. The first-order valence-electron chi connectivity index (χ1n) is 8.83. The molecule has 2 fully saturated rings. The lowest BCUT2D eigenvalue weighted by molar-refractivity contribution is -0.0777. The number of morpholine rings is 1. The van der Waals surface area contributed by atoms with Crippen molar-refractivity contribution < 1.29 is 9.53 Å². The summed E-state index contributed by atoms with van der Waals surface area (Å²) < 4.78 is 7.97. The van der Waals surface area contributed by atoms with Gasteiger partial charge in [0.1, 0.15) is 5.69 Å². The SMILES string of the molecule is CCC[C@H]1COC[C@H]2CN(C(=O)c3cc(=O)n(C)c(=O)n3C)CCN12. The summed E-state index contributed by atoms with van der Waals surface area (Å²) in [4.78, 5) is 41.0. The molecule has 3 heterocycles. The lowest BCUT2D eigenvalue weighted by Crippen LogP contribution is -2.62. The van der Waals surface area contributed by atoms with Crippen molar-refractivity contribution in [1.82, 2.24) is 18.9 Å². The topological polar surface area (TPSA) is 76.8 Å². The van der Waals surface area contributed by atoms with E-state index in [1.807, 2.05) is 0 Å². The summed E-state index contributed by atoms with van der Waals surface area (Å²) in [7, 11) is 2.93. The molecule has 0 radical (unpaired) electrons. The van der Waals surface area contributed by atoms with Crippen LogP contribution in [0.2, 0.25) is 0 Å². The fourth-order valence-electron chi connectivity index (χ4n) is 3.80. The van der Waals surface area contributed by atoms with Gasteiger partial charge in [-0.3, -0.25) is 23.6 Å². The van der Waals surface area contributed by atoms with E-state index in [1.165, 1.54) is 24.7 Å². The number of hydrogen-bond donors (Lipinski definition) is 0. The first kappa shape index (κ1) is 17.9. The van der Waals surface area contributed by atoms with Gasteiger partial charge in [0.05, 0.1) is 19.3 Å². The second kappa shape index (κ2) is 7.13. The fourth-order valence-corrected chi connectivity index (χ4v) is 3.80. The molecule has 1 amide bonds. The van der Waals surface area contributed by atoms with E-state index in [4.69, 9.17) is 4.74 Å². The first-order valence-corrected chi connectivity index (χ1v) is 8.83. The van der Waals surface area contributed by atoms with Crippen LogP contribution in [0, 0.1) is 0 Å². The monoisotopic (exact) mass is 350 g/mol. The number of aromatic nitrogens is 2. The summed E-state index contributed by atoms with van der Waals surface area (Å²) in [5, 5.41) is 0. The minimum Gasteiger partial charge on any atom is -0.378 e. The normalized spacial score (nSPS) is 24.2. The van der Waals surface area contributed by atoms with Crippen molar-refractivity contribution >= 4 is 5.91 Å². The largest absolute Gasteiger partial charge is 0.378 e. The Hall–Kier alpha value is -1.93. The van der Waals surface area contributed by atoms with Gasteiger partial charge in [0, 0.05) is 45.8 Å². The van der Waals surface area contributed by atoms with Crippen LogP contribution >= 0.6 is 0 Å².